The van der Waals surface area contributed by atoms with Gasteiger partial charge < -0.3 is 15.1 Å². The van der Waals surface area contributed by atoms with Gasteiger partial charge in [0.05, 0.1) is 12.7 Å². The molecule has 1 aromatic carbocycles. The summed E-state index contributed by atoms with van der Waals surface area (Å²) in [7, 11) is 0. The third kappa shape index (κ3) is 2.25. The molecule has 1 aromatic heterocycles. The van der Waals surface area contributed by atoms with E-state index in [1.807, 2.05) is 24.3 Å². The molecule has 0 radical (unpaired) electrons. The second kappa shape index (κ2) is 5.38. The first-order valence-electron chi connectivity index (χ1n) is 7.11. The number of hydrogen-bond donors (Lipinski definition) is 2. The van der Waals surface area contributed by atoms with Gasteiger partial charge in [0.25, 0.3) is 0 Å². The van der Waals surface area contributed by atoms with Gasteiger partial charge in [0.1, 0.15) is 5.82 Å². The van der Waals surface area contributed by atoms with Gasteiger partial charge in [0.2, 0.25) is 0 Å². The van der Waals surface area contributed by atoms with Crippen LogP contribution in [0.5, 0.6) is 0 Å². The minimum Gasteiger partial charge on any atom is -0.392 e. The van der Waals surface area contributed by atoms with Gasteiger partial charge >= 0.3 is 0 Å². The molecule has 20 heavy (non-hydrogen) atoms. The summed E-state index contributed by atoms with van der Waals surface area (Å²) in [4.78, 5) is 6.66. The fourth-order valence-electron chi connectivity index (χ4n) is 2.86. The molecule has 0 bridgehead atoms. The van der Waals surface area contributed by atoms with Crippen molar-refractivity contribution in [1.82, 2.24) is 4.98 Å². The van der Waals surface area contributed by atoms with E-state index in [0.29, 0.717) is 12.5 Å². The minimum absolute atomic E-state index is 0.00650. The van der Waals surface area contributed by atoms with E-state index in [2.05, 4.69) is 16.8 Å². The lowest BCUT2D eigenvalue weighted by molar-refractivity contribution is 0.103. The number of hydrogen-bond acceptors (Lipinski definition) is 4. The van der Waals surface area contributed by atoms with Crippen molar-refractivity contribution < 1.29 is 10.2 Å². The molecule has 2 heterocycles. The lowest BCUT2D eigenvalue weighted by atomic mass is 9.95. The number of benzene rings is 1. The van der Waals surface area contributed by atoms with Crippen LogP contribution in [-0.2, 0) is 6.61 Å². The van der Waals surface area contributed by atoms with Crippen LogP contribution < -0.4 is 4.90 Å². The molecule has 1 aliphatic heterocycles. The molecular weight excluding hydrogens is 252 g/mol. The molecule has 2 atom stereocenters. The number of aliphatic hydroxyl groups excluding tert-OH is 2. The summed E-state index contributed by atoms with van der Waals surface area (Å²) in [5.74, 6) is 1.25. The lowest BCUT2D eigenvalue weighted by Crippen LogP contribution is -2.43. The maximum absolute atomic E-state index is 10.1. The van der Waals surface area contributed by atoms with Crippen molar-refractivity contribution in [3.05, 3.63) is 36.0 Å². The van der Waals surface area contributed by atoms with Crippen LogP contribution in [-0.4, -0.2) is 34.4 Å². The second-order valence-electron chi connectivity index (χ2n) is 5.59. The number of anilines is 1. The zero-order valence-corrected chi connectivity index (χ0v) is 11.7. The van der Waals surface area contributed by atoms with Crippen LogP contribution >= 0.6 is 0 Å². The molecule has 4 nitrogen and oxygen atoms in total. The standard InChI is InChI=1S/C16H20N2O2/c1-11-6-7-18(9-15(11)20)16-14-5-3-2-4-13(14)12(10-19)8-17-16/h2-5,8,11,15,19-20H,6-7,9-10H2,1H3. The third-order valence-electron chi connectivity index (χ3n) is 4.25. The van der Waals surface area contributed by atoms with Gasteiger partial charge in [-0.1, -0.05) is 31.2 Å². The Hall–Kier alpha value is -1.65. The van der Waals surface area contributed by atoms with Crippen molar-refractivity contribution >= 4 is 16.6 Å². The first-order valence-corrected chi connectivity index (χ1v) is 7.11. The summed E-state index contributed by atoms with van der Waals surface area (Å²) < 4.78 is 0. The predicted molar refractivity (Wildman–Crippen MR) is 79.7 cm³/mol. The normalized spacial score (nSPS) is 23.2. The second-order valence-corrected chi connectivity index (χ2v) is 5.59. The van der Waals surface area contributed by atoms with E-state index in [1.165, 1.54) is 0 Å². The fraction of sp³-hybridized carbons (Fsp3) is 0.438. The monoisotopic (exact) mass is 272 g/mol. The zero-order valence-electron chi connectivity index (χ0n) is 11.7. The average Bonchev–Trinajstić information content (AvgIpc) is 2.49. The highest BCUT2D eigenvalue weighted by atomic mass is 16.3. The molecule has 0 saturated carbocycles. The number of nitrogens with zero attached hydrogens (tertiary/aromatic N) is 2. The number of fused-ring (bicyclic) bond motifs is 1. The maximum Gasteiger partial charge on any atom is 0.136 e. The number of aromatic nitrogens is 1. The van der Waals surface area contributed by atoms with Gasteiger partial charge in [-0.25, -0.2) is 4.98 Å². The Morgan fingerprint density at radius 3 is 2.75 bits per heavy atom. The zero-order chi connectivity index (χ0) is 14.1. The number of pyridine rings is 1. The minimum atomic E-state index is -0.304. The molecule has 0 spiro atoms. The molecule has 2 aromatic rings. The van der Waals surface area contributed by atoms with Crippen LogP contribution in [0.3, 0.4) is 0 Å². The Morgan fingerprint density at radius 1 is 1.30 bits per heavy atom. The smallest absolute Gasteiger partial charge is 0.136 e. The summed E-state index contributed by atoms with van der Waals surface area (Å²) in [6.45, 7) is 3.61. The first kappa shape index (κ1) is 13.3. The summed E-state index contributed by atoms with van der Waals surface area (Å²) in [6.07, 6.45) is 2.41. The number of rotatable bonds is 2. The van der Waals surface area contributed by atoms with Crippen molar-refractivity contribution in [3.63, 3.8) is 0 Å². The average molecular weight is 272 g/mol. The molecule has 2 N–H and O–H groups in total. The SMILES string of the molecule is CC1CCN(c2ncc(CO)c3ccccc23)CC1O. The van der Waals surface area contributed by atoms with Crippen LogP contribution in [0.4, 0.5) is 5.82 Å². The topological polar surface area (TPSA) is 56.6 Å². The van der Waals surface area contributed by atoms with Crippen LogP contribution in [0.2, 0.25) is 0 Å². The molecule has 4 heteroatoms. The van der Waals surface area contributed by atoms with E-state index >= 15 is 0 Å². The molecule has 2 unspecified atom stereocenters. The van der Waals surface area contributed by atoms with Crippen molar-refractivity contribution in [2.75, 3.05) is 18.0 Å². The van der Waals surface area contributed by atoms with Crippen LogP contribution in [0.15, 0.2) is 30.5 Å². The molecule has 1 saturated heterocycles. The van der Waals surface area contributed by atoms with Crippen molar-refractivity contribution in [2.45, 2.75) is 26.1 Å². The van der Waals surface area contributed by atoms with Crippen molar-refractivity contribution in [2.24, 2.45) is 5.92 Å². The van der Waals surface area contributed by atoms with Gasteiger partial charge in [0, 0.05) is 30.2 Å². The molecule has 1 aliphatic rings. The van der Waals surface area contributed by atoms with Gasteiger partial charge in [-0.15, -0.1) is 0 Å². The Balaban J connectivity index is 2.04. The van der Waals surface area contributed by atoms with Crippen molar-refractivity contribution in [3.8, 4) is 0 Å². The molecule has 106 valence electrons. The van der Waals surface area contributed by atoms with Crippen molar-refractivity contribution in [1.29, 1.82) is 0 Å². The Bertz CT molecular complexity index is 614. The van der Waals surface area contributed by atoms with E-state index in [-0.39, 0.29) is 12.7 Å². The van der Waals surface area contributed by atoms with Crippen LogP contribution in [0.25, 0.3) is 10.8 Å². The Morgan fingerprint density at radius 2 is 2.05 bits per heavy atom. The lowest BCUT2D eigenvalue weighted by Gasteiger charge is -2.35. The van der Waals surface area contributed by atoms with Gasteiger partial charge in [-0.2, -0.15) is 0 Å². The molecule has 0 aliphatic carbocycles. The number of aliphatic hydroxyl groups is 2. The fourth-order valence-corrected chi connectivity index (χ4v) is 2.86. The summed E-state index contributed by atoms with van der Waals surface area (Å²) in [5.41, 5.74) is 0.843. The highest BCUT2D eigenvalue weighted by Gasteiger charge is 2.26. The quantitative estimate of drug-likeness (QED) is 0.877. The van der Waals surface area contributed by atoms with Gasteiger partial charge in [-0.3, -0.25) is 0 Å². The maximum atomic E-state index is 10.1. The van der Waals surface area contributed by atoms with Gasteiger partial charge in [-0.05, 0) is 17.7 Å². The molecule has 3 rings (SSSR count). The molecular formula is C16H20N2O2. The van der Waals surface area contributed by atoms with E-state index in [4.69, 9.17) is 0 Å². The number of piperidine rings is 1. The Labute approximate surface area is 118 Å². The molecule has 1 fully saturated rings. The van der Waals surface area contributed by atoms with E-state index in [9.17, 15) is 10.2 Å². The van der Waals surface area contributed by atoms with Gasteiger partial charge in [0.15, 0.2) is 0 Å². The largest absolute Gasteiger partial charge is 0.392 e. The van der Waals surface area contributed by atoms with Crippen LogP contribution in [0.1, 0.15) is 18.9 Å². The van der Waals surface area contributed by atoms with Crippen LogP contribution in [0, 0.1) is 5.92 Å². The Kier molecular flexibility index (Phi) is 3.59. The number of β-amino-alcohol motifs (C(OH)–C–C–N with tert-alkyl or cyclic N) is 1. The summed E-state index contributed by atoms with van der Waals surface area (Å²) >= 11 is 0. The highest BCUT2D eigenvalue weighted by molar-refractivity contribution is 5.94. The predicted octanol–water partition coefficient (Wildman–Crippen LogP) is 1.93. The van der Waals surface area contributed by atoms with E-state index in [1.54, 1.807) is 6.20 Å². The summed E-state index contributed by atoms with van der Waals surface area (Å²) in [6, 6.07) is 7.99. The summed E-state index contributed by atoms with van der Waals surface area (Å²) in [5, 5.41) is 21.6. The molecule has 0 amide bonds. The highest BCUT2D eigenvalue weighted by Crippen LogP contribution is 2.30. The third-order valence-corrected chi connectivity index (χ3v) is 4.25. The van der Waals surface area contributed by atoms with E-state index in [0.717, 1.165) is 35.1 Å². The van der Waals surface area contributed by atoms with E-state index < -0.39 is 0 Å². The first-order chi connectivity index (χ1) is 9.70.